The fourth-order valence-corrected chi connectivity index (χ4v) is 2.42. The van der Waals surface area contributed by atoms with E-state index in [1.165, 1.54) is 0 Å². The third-order valence-corrected chi connectivity index (χ3v) is 3.30. The number of benzene rings is 1. The smallest absolute Gasteiger partial charge is 0.254 e. The van der Waals surface area contributed by atoms with Crippen LogP contribution in [-0.4, -0.2) is 35.7 Å². The summed E-state index contributed by atoms with van der Waals surface area (Å²) < 4.78 is 0. The number of nitrogens with zero attached hydrogens (tertiary/aromatic N) is 2. The number of carbonyl (C=O) groups is 2. The molecule has 0 radical (unpaired) electrons. The largest absolute Gasteiger partial charge is 0.337 e. The number of fused-ring (bicyclic) bond motifs is 2. The highest BCUT2D eigenvalue weighted by atomic mass is 16.2. The van der Waals surface area contributed by atoms with Crippen LogP contribution in [0.25, 0.3) is 0 Å². The third-order valence-electron chi connectivity index (χ3n) is 3.30. The zero-order valence-corrected chi connectivity index (χ0v) is 9.28. The molecule has 0 unspecified atom stereocenters. The van der Waals surface area contributed by atoms with E-state index in [9.17, 15) is 9.59 Å². The van der Waals surface area contributed by atoms with Gasteiger partial charge in [-0.05, 0) is 23.3 Å². The van der Waals surface area contributed by atoms with Crippen molar-refractivity contribution in [2.45, 2.75) is 13.1 Å². The summed E-state index contributed by atoms with van der Waals surface area (Å²) in [6.45, 7) is 1.22. The second kappa shape index (κ2) is 2.84. The highest BCUT2D eigenvalue weighted by Gasteiger charge is 2.31. The van der Waals surface area contributed by atoms with Gasteiger partial charge in [-0.15, -0.1) is 0 Å². The van der Waals surface area contributed by atoms with Crippen LogP contribution in [-0.2, 0) is 13.1 Å². The van der Waals surface area contributed by atoms with Gasteiger partial charge in [0.1, 0.15) is 0 Å². The second-order valence-corrected chi connectivity index (χ2v) is 4.49. The molecule has 2 aliphatic heterocycles. The van der Waals surface area contributed by atoms with Crippen LogP contribution in [0.1, 0.15) is 31.8 Å². The molecule has 0 bridgehead atoms. The van der Waals surface area contributed by atoms with Gasteiger partial charge < -0.3 is 9.80 Å². The minimum Gasteiger partial charge on any atom is -0.337 e. The van der Waals surface area contributed by atoms with E-state index in [2.05, 4.69) is 0 Å². The topological polar surface area (TPSA) is 40.6 Å². The fourth-order valence-electron chi connectivity index (χ4n) is 2.42. The van der Waals surface area contributed by atoms with E-state index in [1.807, 2.05) is 12.1 Å². The first-order chi connectivity index (χ1) is 7.58. The lowest BCUT2D eigenvalue weighted by atomic mass is 10.0. The summed E-state index contributed by atoms with van der Waals surface area (Å²) in [7, 11) is 3.56. The highest BCUT2D eigenvalue weighted by Crippen LogP contribution is 2.29. The standard InChI is InChI=1S/C12H12N2O2/c1-13-5-7-3-10-8(4-9(7)11(13)15)6-14(2)12(10)16/h3-4H,5-6H2,1-2H3. The van der Waals surface area contributed by atoms with E-state index in [0.717, 1.165) is 22.3 Å². The lowest BCUT2D eigenvalue weighted by molar-refractivity contribution is 0.0812. The number of hydrogen-bond donors (Lipinski definition) is 0. The van der Waals surface area contributed by atoms with Crippen molar-refractivity contribution in [1.82, 2.24) is 9.80 Å². The molecule has 4 nitrogen and oxygen atoms in total. The molecule has 0 aromatic heterocycles. The van der Waals surface area contributed by atoms with Gasteiger partial charge in [0.05, 0.1) is 0 Å². The Bertz CT molecular complexity index is 474. The van der Waals surface area contributed by atoms with Crippen LogP contribution in [0.2, 0.25) is 0 Å². The van der Waals surface area contributed by atoms with Crippen LogP contribution in [0, 0.1) is 0 Å². The molecule has 2 aliphatic rings. The maximum absolute atomic E-state index is 11.8. The molecule has 0 N–H and O–H groups in total. The van der Waals surface area contributed by atoms with Gasteiger partial charge in [0.25, 0.3) is 11.8 Å². The average molecular weight is 216 g/mol. The summed E-state index contributed by atoms with van der Waals surface area (Å²) in [5, 5.41) is 0. The zero-order chi connectivity index (χ0) is 11.4. The molecule has 0 fully saturated rings. The average Bonchev–Trinajstić information content (AvgIpc) is 2.67. The lowest BCUT2D eigenvalue weighted by Gasteiger charge is -2.06. The van der Waals surface area contributed by atoms with Crippen molar-refractivity contribution < 1.29 is 9.59 Å². The van der Waals surface area contributed by atoms with Gasteiger partial charge in [-0.2, -0.15) is 0 Å². The van der Waals surface area contributed by atoms with Crippen molar-refractivity contribution in [3.63, 3.8) is 0 Å². The minimum absolute atomic E-state index is 0.0554. The summed E-state index contributed by atoms with van der Waals surface area (Å²) in [5.74, 6) is 0.111. The molecule has 1 aromatic carbocycles. The van der Waals surface area contributed by atoms with E-state index < -0.39 is 0 Å². The maximum Gasteiger partial charge on any atom is 0.254 e. The molecular weight excluding hydrogens is 204 g/mol. The molecule has 0 saturated heterocycles. The predicted octanol–water partition coefficient (Wildman–Crippen LogP) is 0.858. The van der Waals surface area contributed by atoms with Crippen LogP contribution >= 0.6 is 0 Å². The Kier molecular flexibility index (Phi) is 1.67. The predicted molar refractivity (Wildman–Crippen MR) is 58.0 cm³/mol. The summed E-state index contributed by atoms with van der Waals surface area (Å²) in [5.41, 5.74) is 3.44. The van der Waals surface area contributed by atoms with Crippen LogP contribution in [0.5, 0.6) is 0 Å². The van der Waals surface area contributed by atoms with Gasteiger partial charge >= 0.3 is 0 Å². The summed E-state index contributed by atoms with van der Waals surface area (Å²) in [6.07, 6.45) is 0. The monoisotopic (exact) mass is 216 g/mol. The first kappa shape index (κ1) is 9.39. The van der Waals surface area contributed by atoms with Crippen molar-refractivity contribution in [1.29, 1.82) is 0 Å². The molecule has 3 rings (SSSR count). The molecule has 2 heterocycles. The van der Waals surface area contributed by atoms with Crippen molar-refractivity contribution in [3.05, 3.63) is 34.4 Å². The van der Waals surface area contributed by atoms with Gasteiger partial charge in [0, 0.05) is 38.3 Å². The first-order valence-electron chi connectivity index (χ1n) is 5.24. The first-order valence-corrected chi connectivity index (χ1v) is 5.24. The van der Waals surface area contributed by atoms with Crippen LogP contribution in [0.15, 0.2) is 12.1 Å². The van der Waals surface area contributed by atoms with Crippen LogP contribution in [0.4, 0.5) is 0 Å². The van der Waals surface area contributed by atoms with Gasteiger partial charge in [-0.25, -0.2) is 0 Å². The van der Waals surface area contributed by atoms with Crippen molar-refractivity contribution in [3.8, 4) is 0 Å². The number of rotatable bonds is 0. The summed E-state index contributed by atoms with van der Waals surface area (Å²) >= 11 is 0. The molecule has 82 valence electrons. The molecule has 0 saturated carbocycles. The molecule has 0 aliphatic carbocycles. The Morgan fingerprint density at radius 1 is 0.875 bits per heavy atom. The Hall–Kier alpha value is -1.84. The molecular formula is C12H12N2O2. The van der Waals surface area contributed by atoms with E-state index in [-0.39, 0.29) is 11.8 Å². The molecule has 0 spiro atoms. The van der Waals surface area contributed by atoms with Crippen LogP contribution < -0.4 is 0 Å². The molecule has 4 heteroatoms. The summed E-state index contributed by atoms with van der Waals surface area (Å²) in [4.78, 5) is 26.9. The van der Waals surface area contributed by atoms with Gasteiger partial charge in [0.15, 0.2) is 0 Å². The minimum atomic E-state index is 0.0554. The van der Waals surface area contributed by atoms with E-state index in [4.69, 9.17) is 0 Å². The molecule has 16 heavy (non-hydrogen) atoms. The van der Waals surface area contributed by atoms with E-state index in [0.29, 0.717) is 13.1 Å². The zero-order valence-electron chi connectivity index (χ0n) is 9.28. The third kappa shape index (κ3) is 1.04. The highest BCUT2D eigenvalue weighted by molar-refractivity contribution is 6.03. The van der Waals surface area contributed by atoms with E-state index in [1.54, 1.807) is 23.9 Å². The van der Waals surface area contributed by atoms with Gasteiger partial charge in [-0.3, -0.25) is 9.59 Å². The normalized spacial score (nSPS) is 18.1. The second-order valence-electron chi connectivity index (χ2n) is 4.49. The molecule has 0 atom stereocenters. The number of carbonyl (C=O) groups excluding carboxylic acids is 2. The molecule has 2 amide bonds. The van der Waals surface area contributed by atoms with Crippen molar-refractivity contribution in [2.75, 3.05) is 14.1 Å². The van der Waals surface area contributed by atoms with Crippen LogP contribution in [0.3, 0.4) is 0 Å². The summed E-state index contributed by atoms with van der Waals surface area (Å²) in [6, 6.07) is 3.75. The quantitative estimate of drug-likeness (QED) is 0.645. The fraction of sp³-hybridized carbons (Fsp3) is 0.333. The Morgan fingerprint density at radius 2 is 1.25 bits per heavy atom. The lowest BCUT2D eigenvalue weighted by Crippen LogP contribution is -2.18. The number of amides is 2. The van der Waals surface area contributed by atoms with Crippen molar-refractivity contribution >= 4 is 11.8 Å². The van der Waals surface area contributed by atoms with E-state index >= 15 is 0 Å². The number of hydrogen-bond acceptors (Lipinski definition) is 2. The van der Waals surface area contributed by atoms with Crippen molar-refractivity contribution in [2.24, 2.45) is 0 Å². The van der Waals surface area contributed by atoms with Gasteiger partial charge in [-0.1, -0.05) is 0 Å². The maximum atomic E-state index is 11.8. The van der Waals surface area contributed by atoms with Gasteiger partial charge in [0.2, 0.25) is 0 Å². The molecule has 1 aromatic rings. The Labute approximate surface area is 93.5 Å². The SMILES string of the molecule is CN1Cc2cc3c(cc2C1=O)CN(C)C3=O. The Morgan fingerprint density at radius 3 is 1.62 bits per heavy atom. The Balaban J connectivity index is 2.17.